The summed E-state index contributed by atoms with van der Waals surface area (Å²) in [6, 6.07) is 19.1. The second-order valence-electron chi connectivity index (χ2n) is 7.98. The molecule has 0 radical (unpaired) electrons. The molecule has 2 aromatic carbocycles. The molecule has 0 amide bonds. The third-order valence-corrected chi connectivity index (χ3v) is 6.72. The summed E-state index contributed by atoms with van der Waals surface area (Å²) >= 11 is 13.1. The van der Waals surface area contributed by atoms with E-state index in [-0.39, 0.29) is 5.92 Å². The highest BCUT2D eigenvalue weighted by atomic mass is 35.5. The van der Waals surface area contributed by atoms with E-state index in [1.807, 2.05) is 24.3 Å². The molecular formula is C25H32Cl2N2. The third kappa shape index (κ3) is 5.54. The van der Waals surface area contributed by atoms with Crippen LogP contribution in [-0.4, -0.2) is 17.5 Å². The lowest BCUT2D eigenvalue weighted by molar-refractivity contribution is 0.168. The van der Waals surface area contributed by atoms with Crippen molar-refractivity contribution in [3.8, 4) is 6.07 Å². The van der Waals surface area contributed by atoms with Crippen LogP contribution < -0.4 is 0 Å². The SMILES string of the molecule is CCC(CCC(C#N)(c1c(Cl)cccc1Cl)C(C)C)N(CC)Cc1ccccc1. The van der Waals surface area contributed by atoms with Crippen molar-refractivity contribution in [2.75, 3.05) is 6.54 Å². The van der Waals surface area contributed by atoms with Gasteiger partial charge in [-0.05, 0) is 49.4 Å². The molecule has 0 saturated heterocycles. The molecule has 0 heterocycles. The zero-order chi connectivity index (χ0) is 21.4. The maximum Gasteiger partial charge on any atom is 0.0874 e. The molecular weight excluding hydrogens is 399 g/mol. The number of hydrogen-bond donors (Lipinski definition) is 0. The van der Waals surface area contributed by atoms with E-state index in [1.165, 1.54) is 5.56 Å². The van der Waals surface area contributed by atoms with Crippen molar-refractivity contribution in [1.29, 1.82) is 5.26 Å². The molecule has 29 heavy (non-hydrogen) atoms. The fourth-order valence-electron chi connectivity index (χ4n) is 4.22. The average molecular weight is 431 g/mol. The Hall–Kier alpha value is -1.53. The lowest BCUT2D eigenvalue weighted by Gasteiger charge is -2.36. The summed E-state index contributed by atoms with van der Waals surface area (Å²) in [6.07, 6.45) is 2.69. The predicted molar refractivity (Wildman–Crippen MR) is 124 cm³/mol. The molecule has 0 fully saturated rings. The van der Waals surface area contributed by atoms with Gasteiger partial charge in [0.2, 0.25) is 0 Å². The quantitative estimate of drug-likeness (QED) is 0.390. The maximum absolute atomic E-state index is 10.3. The van der Waals surface area contributed by atoms with E-state index in [9.17, 15) is 5.26 Å². The highest BCUT2D eigenvalue weighted by molar-refractivity contribution is 6.36. The zero-order valence-electron chi connectivity index (χ0n) is 18.0. The standard InChI is InChI=1S/C25H32Cl2N2/c1-5-21(29(6-2)17-20-11-8-7-9-12-20)15-16-25(18-28,19(3)4)24-22(26)13-10-14-23(24)27/h7-14,19,21H,5-6,15-17H2,1-4H3. The van der Waals surface area contributed by atoms with Gasteiger partial charge in [-0.3, -0.25) is 4.90 Å². The van der Waals surface area contributed by atoms with E-state index in [2.05, 4.69) is 62.9 Å². The number of nitrogens with zero attached hydrogens (tertiary/aromatic N) is 2. The van der Waals surface area contributed by atoms with Gasteiger partial charge in [-0.15, -0.1) is 0 Å². The Morgan fingerprint density at radius 1 is 1.00 bits per heavy atom. The molecule has 0 spiro atoms. The highest BCUT2D eigenvalue weighted by Crippen LogP contribution is 2.44. The molecule has 2 rings (SSSR count). The number of halogens is 2. The van der Waals surface area contributed by atoms with Crippen LogP contribution in [0.3, 0.4) is 0 Å². The Balaban J connectivity index is 2.28. The van der Waals surface area contributed by atoms with Gasteiger partial charge >= 0.3 is 0 Å². The molecule has 0 aromatic heterocycles. The first-order valence-corrected chi connectivity index (χ1v) is 11.3. The van der Waals surface area contributed by atoms with E-state index in [0.29, 0.717) is 16.1 Å². The summed E-state index contributed by atoms with van der Waals surface area (Å²) in [5.74, 6) is 0.103. The van der Waals surface area contributed by atoms with E-state index < -0.39 is 5.41 Å². The normalized spacial score (nSPS) is 14.6. The average Bonchev–Trinajstić information content (AvgIpc) is 2.72. The Labute approximate surface area is 186 Å². The third-order valence-electron chi connectivity index (χ3n) is 6.09. The minimum atomic E-state index is -0.699. The predicted octanol–water partition coefficient (Wildman–Crippen LogP) is 7.49. The van der Waals surface area contributed by atoms with Crippen LogP contribution in [0.4, 0.5) is 0 Å². The summed E-state index contributed by atoms with van der Waals surface area (Å²) in [7, 11) is 0. The van der Waals surface area contributed by atoms with Crippen LogP contribution in [-0.2, 0) is 12.0 Å². The summed E-state index contributed by atoms with van der Waals surface area (Å²) in [5, 5.41) is 11.4. The van der Waals surface area contributed by atoms with Gasteiger partial charge in [0.25, 0.3) is 0 Å². The summed E-state index contributed by atoms with van der Waals surface area (Å²) < 4.78 is 0. The molecule has 0 N–H and O–H groups in total. The van der Waals surface area contributed by atoms with Crippen molar-refractivity contribution < 1.29 is 0 Å². The fraction of sp³-hybridized carbons (Fsp3) is 0.480. The van der Waals surface area contributed by atoms with Crippen LogP contribution >= 0.6 is 23.2 Å². The Morgan fingerprint density at radius 2 is 1.62 bits per heavy atom. The topological polar surface area (TPSA) is 27.0 Å². The number of hydrogen-bond acceptors (Lipinski definition) is 2. The number of nitriles is 1. The lowest BCUT2D eigenvalue weighted by atomic mass is 9.69. The summed E-state index contributed by atoms with van der Waals surface area (Å²) in [6.45, 7) is 10.5. The molecule has 2 unspecified atom stereocenters. The van der Waals surface area contributed by atoms with Crippen molar-refractivity contribution in [3.05, 3.63) is 69.7 Å². The first-order valence-electron chi connectivity index (χ1n) is 10.5. The van der Waals surface area contributed by atoms with Gasteiger partial charge in [-0.25, -0.2) is 0 Å². The molecule has 156 valence electrons. The van der Waals surface area contributed by atoms with Crippen LogP contribution in [0.25, 0.3) is 0 Å². The molecule has 0 saturated carbocycles. The molecule has 4 heteroatoms. The van der Waals surface area contributed by atoms with Crippen LogP contribution in [0, 0.1) is 17.2 Å². The van der Waals surface area contributed by atoms with Crippen LogP contribution in [0.15, 0.2) is 48.5 Å². The summed E-state index contributed by atoms with van der Waals surface area (Å²) in [4.78, 5) is 2.51. The summed E-state index contributed by atoms with van der Waals surface area (Å²) in [5.41, 5.74) is 1.40. The van der Waals surface area contributed by atoms with Gasteiger partial charge < -0.3 is 0 Å². The van der Waals surface area contributed by atoms with E-state index >= 15 is 0 Å². The molecule has 2 atom stereocenters. The second kappa shape index (κ2) is 11.0. The monoisotopic (exact) mass is 430 g/mol. The van der Waals surface area contributed by atoms with Crippen molar-refractivity contribution in [1.82, 2.24) is 4.90 Å². The zero-order valence-corrected chi connectivity index (χ0v) is 19.5. The minimum Gasteiger partial charge on any atom is -0.296 e. The van der Waals surface area contributed by atoms with Crippen LogP contribution in [0.1, 0.15) is 58.1 Å². The Bertz CT molecular complexity index is 793. The molecule has 0 aliphatic rings. The van der Waals surface area contributed by atoms with Gasteiger partial charge in [0.15, 0.2) is 0 Å². The molecule has 2 aromatic rings. The lowest BCUT2D eigenvalue weighted by Crippen LogP contribution is -2.38. The second-order valence-corrected chi connectivity index (χ2v) is 8.80. The number of benzene rings is 2. The van der Waals surface area contributed by atoms with Crippen LogP contribution in [0.5, 0.6) is 0 Å². The Kier molecular flexibility index (Phi) is 9.03. The molecule has 0 aliphatic heterocycles. The highest BCUT2D eigenvalue weighted by Gasteiger charge is 2.40. The molecule has 0 aliphatic carbocycles. The molecule has 0 bridgehead atoms. The van der Waals surface area contributed by atoms with E-state index in [4.69, 9.17) is 23.2 Å². The van der Waals surface area contributed by atoms with Crippen LogP contribution in [0.2, 0.25) is 10.0 Å². The maximum atomic E-state index is 10.3. The van der Waals surface area contributed by atoms with Gasteiger partial charge in [0.1, 0.15) is 0 Å². The van der Waals surface area contributed by atoms with Gasteiger partial charge in [-0.1, -0.05) is 87.3 Å². The van der Waals surface area contributed by atoms with E-state index in [0.717, 1.165) is 37.9 Å². The first kappa shape index (κ1) is 23.7. The van der Waals surface area contributed by atoms with Gasteiger partial charge in [0.05, 0.1) is 11.5 Å². The van der Waals surface area contributed by atoms with Crippen molar-refractivity contribution >= 4 is 23.2 Å². The van der Waals surface area contributed by atoms with Crippen molar-refractivity contribution in [2.24, 2.45) is 5.92 Å². The van der Waals surface area contributed by atoms with E-state index in [1.54, 1.807) is 0 Å². The largest absolute Gasteiger partial charge is 0.296 e. The fourth-order valence-corrected chi connectivity index (χ4v) is 4.96. The van der Waals surface area contributed by atoms with Crippen molar-refractivity contribution in [3.63, 3.8) is 0 Å². The smallest absolute Gasteiger partial charge is 0.0874 e. The van der Waals surface area contributed by atoms with Gasteiger partial charge in [0, 0.05) is 28.2 Å². The first-order chi connectivity index (χ1) is 13.9. The minimum absolute atomic E-state index is 0.103. The number of rotatable bonds is 10. The molecule has 2 nitrogen and oxygen atoms in total. The van der Waals surface area contributed by atoms with Crippen molar-refractivity contribution in [2.45, 2.75) is 65.0 Å². The van der Waals surface area contributed by atoms with Gasteiger partial charge in [-0.2, -0.15) is 5.26 Å². The Morgan fingerprint density at radius 3 is 2.10 bits per heavy atom.